The molecular weight excluding hydrogens is 327 g/mol. The molecule has 0 atom stereocenters. The quantitative estimate of drug-likeness (QED) is 0.847. The zero-order valence-electron chi connectivity index (χ0n) is 11.8. The van der Waals surface area contributed by atoms with E-state index in [0.717, 1.165) is 23.8 Å². The highest BCUT2D eigenvalue weighted by atomic mass is 35.5. The number of benzene rings is 1. The first-order valence-corrected chi connectivity index (χ1v) is 8.20. The molecule has 1 saturated carbocycles. The van der Waals surface area contributed by atoms with Crippen molar-refractivity contribution in [3.8, 4) is 0 Å². The first-order valence-electron chi connectivity index (χ1n) is 6.84. The second-order valence-corrected chi connectivity index (χ2v) is 6.45. The Morgan fingerprint density at radius 1 is 1.50 bits per heavy atom. The number of rotatable bonds is 5. The van der Waals surface area contributed by atoms with Crippen molar-refractivity contribution in [2.45, 2.75) is 31.0 Å². The second-order valence-electron chi connectivity index (χ2n) is 5.10. The Labute approximate surface area is 136 Å². The number of carbonyl (C=O) groups is 1. The van der Waals surface area contributed by atoms with Crippen molar-refractivity contribution < 1.29 is 9.18 Å². The second kappa shape index (κ2) is 6.26. The SMILES string of the molecule is Cc1nnc(SCC(=O)Nc2ccc(F)c(Cl)c2)n1C1CC1. The largest absolute Gasteiger partial charge is 0.325 e. The van der Waals surface area contributed by atoms with Gasteiger partial charge in [-0.05, 0) is 38.0 Å². The molecule has 2 aromatic rings. The van der Waals surface area contributed by atoms with Crippen LogP contribution >= 0.6 is 23.4 Å². The predicted octanol–water partition coefficient (Wildman–Crippen LogP) is 3.44. The Kier molecular flexibility index (Phi) is 4.35. The summed E-state index contributed by atoms with van der Waals surface area (Å²) in [4.78, 5) is 12.0. The standard InChI is InChI=1S/C14H14ClFN4OS/c1-8-18-19-14(20(8)10-3-4-10)22-7-13(21)17-9-2-5-12(16)11(15)6-9/h2,5-6,10H,3-4,7H2,1H3,(H,17,21). The lowest BCUT2D eigenvalue weighted by atomic mass is 10.3. The number of amides is 1. The fourth-order valence-electron chi connectivity index (χ4n) is 2.10. The Morgan fingerprint density at radius 2 is 2.27 bits per heavy atom. The summed E-state index contributed by atoms with van der Waals surface area (Å²) >= 11 is 7.02. The van der Waals surface area contributed by atoms with Crippen LogP contribution in [0.4, 0.5) is 10.1 Å². The molecule has 1 aliphatic carbocycles. The first-order chi connectivity index (χ1) is 10.5. The van der Waals surface area contributed by atoms with E-state index in [1.807, 2.05) is 6.92 Å². The number of aromatic nitrogens is 3. The molecule has 1 fully saturated rings. The van der Waals surface area contributed by atoms with Gasteiger partial charge >= 0.3 is 0 Å². The number of carbonyl (C=O) groups excluding carboxylic acids is 1. The molecule has 5 nitrogen and oxygen atoms in total. The molecule has 0 unspecified atom stereocenters. The van der Waals surface area contributed by atoms with Crippen molar-refractivity contribution in [3.63, 3.8) is 0 Å². The molecule has 3 rings (SSSR count). The Bertz CT molecular complexity index is 717. The zero-order valence-corrected chi connectivity index (χ0v) is 13.4. The lowest BCUT2D eigenvalue weighted by molar-refractivity contribution is -0.113. The fraction of sp³-hybridized carbons (Fsp3) is 0.357. The predicted molar refractivity (Wildman–Crippen MR) is 83.8 cm³/mol. The number of hydrogen-bond donors (Lipinski definition) is 1. The fourth-order valence-corrected chi connectivity index (χ4v) is 3.13. The normalized spacial score (nSPS) is 14.1. The number of hydrogen-bond acceptors (Lipinski definition) is 4. The highest BCUT2D eigenvalue weighted by Crippen LogP contribution is 2.38. The van der Waals surface area contributed by atoms with E-state index in [0.29, 0.717) is 11.7 Å². The summed E-state index contributed by atoms with van der Waals surface area (Å²) in [7, 11) is 0. The third-order valence-corrected chi connectivity index (χ3v) is 4.52. The van der Waals surface area contributed by atoms with Gasteiger partial charge in [-0.15, -0.1) is 10.2 Å². The Hall–Kier alpha value is -1.60. The maximum absolute atomic E-state index is 13.1. The molecule has 0 spiro atoms. The molecule has 0 aliphatic heterocycles. The average Bonchev–Trinajstić information content (AvgIpc) is 3.24. The number of halogens is 2. The molecule has 1 aliphatic rings. The number of nitrogens with zero attached hydrogens (tertiary/aromatic N) is 3. The van der Waals surface area contributed by atoms with Crippen LogP contribution in [-0.2, 0) is 4.79 Å². The van der Waals surface area contributed by atoms with Crippen molar-refractivity contribution in [1.29, 1.82) is 0 Å². The van der Waals surface area contributed by atoms with Gasteiger partial charge in [0.15, 0.2) is 5.16 Å². The highest BCUT2D eigenvalue weighted by molar-refractivity contribution is 7.99. The van der Waals surface area contributed by atoms with E-state index >= 15 is 0 Å². The van der Waals surface area contributed by atoms with Crippen molar-refractivity contribution in [2.24, 2.45) is 0 Å². The van der Waals surface area contributed by atoms with Gasteiger partial charge in [-0.2, -0.15) is 0 Å². The van der Waals surface area contributed by atoms with Crippen molar-refractivity contribution in [1.82, 2.24) is 14.8 Å². The summed E-state index contributed by atoms with van der Waals surface area (Å²) in [6, 6.07) is 4.55. The summed E-state index contributed by atoms with van der Waals surface area (Å²) in [5, 5.41) is 11.6. The lowest BCUT2D eigenvalue weighted by Crippen LogP contribution is -2.14. The van der Waals surface area contributed by atoms with E-state index < -0.39 is 5.82 Å². The van der Waals surface area contributed by atoms with Gasteiger partial charge in [-0.3, -0.25) is 4.79 Å². The van der Waals surface area contributed by atoms with E-state index in [1.54, 1.807) is 0 Å². The van der Waals surface area contributed by atoms with Crippen LogP contribution in [0.5, 0.6) is 0 Å². The number of nitrogens with one attached hydrogen (secondary N) is 1. The van der Waals surface area contributed by atoms with Gasteiger partial charge in [0, 0.05) is 11.7 Å². The third-order valence-electron chi connectivity index (χ3n) is 3.28. The maximum atomic E-state index is 13.1. The zero-order chi connectivity index (χ0) is 15.7. The molecule has 0 bridgehead atoms. The number of aryl methyl sites for hydroxylation is 1. The van der Waals surface area contributed by atoms with Crippen LogP contribution in [0, 0.1) is 12.7 Å². The molecule has 8 heteroatoms. The Morgan fingerprint density at radius 3 is 2.95 bits per heavy atom. The molecule has 116 valence electrons. The Balaban J connectivity index is 1.59. The molecule has 22 heavy (non-hydrogen) atoms. The van der Waals surface area contributed by atoms with Gasteiger partial charge in [0.05, 0.1) is 10.8 Å². The minimum atomic E-state index is -0.512. The van der Waals surface area contributed by atoms with E-state index in [-0.39, 0.29) is 16.7 Å². The van der Waals surface area contributed by atoms with Crippen LogP contribution in [0.3, 0.4) is 0 Å². The van der Waals surface area contributed by atoms with Gasteiger partial charge in [-0.1, -0.05) is 23.4 Å². The first kappa shape index (κ1) is 15.3. The average molecular weight is 341 g/mol. The van der Waals surface area contributed by atoms with Gasteiger partial charge in [-0.25, -0.2) is 4.39 Å². The molecular formula is C14H14ClFN4OS. The van der Waals surface area contributed by atoms with Gasteiger partial charge < -0.3 is 9.88 Å². The molecule has 1 heterocycles. The smallest absolute Gasteiger partial charge is 0.234 e. The van der Waals surface area contributed by atoms with Crippen LogP contribution in [0.1, 0.15) is 24.7 Å². The highest BCUT2D eigenvalue weighted by Gasteiger charge is 2.28. The maximum Gasteiger partial charge on any atom is 0.234 e. The molecule has 0 radical (unpaired) electrons. The minimum Gasteiger partial charge on any atom is -0.325 e. The van der Waals surface area contributed by atoms with Crippen molar-refractivity contribution in [3.05, 3.63) is 34.9 Å². The van der Waals surface area contributed by atoms with Crippen molar-refractivity contribution >= 4 is 35.0 Å². The van der Waals surface area contributed by atoms with E-state index in [4.69, 9.17) is 11.6 Å². The molecule has 1 aromatic heterocycles. The van der Waals surface area contributed by atoms with Gasteiger partial charge in [0.1, 0.15) is 11.6 Å². The van der Waals surface area contributed by atoms with Gasteiger partial charge in [0.2, 0.25) is 5.91 Å². The number of anilines is 1. The van der Waals surface area contributed by atoms with Crippen LogP contribution in [-0.4, -0.2) is 26.4 Å². The molecule has 0 saturated heterocycles. The van der Waals surface area contributed by atoms with E-state index in [1.165, 1.54) is 30.0 Å². The van der Waals surface area contributed by atoms with Crippen molar-refractivity contribution in [2.75, 3.05) is 11.1 Å². The molecule has 1 amide bonds. The minimum absolute atomic E-state index is 0.0189. The lowest BCUT2D eigenvalue weighted by Gasteiger charge is -2.07. The third kappa shape index (κ3) is 3.41. The van der Waals surface area contributed by atoms with E-state index in [2.05, 4.69) is 20.1 Å². The molecule has 1 aromatic carbocycles. The van der Waals surface area contributed by atoms with Crippen LogP contribution in [0.2, 0.25) is 5.02 Å². The summed E-state index contributed by atoms with van der Waals surface area (Å²) in [5.74, 6) is 0.369. The summed E-state index contributed by atoms with van der Waals surface area (Å²) in [6.07, 6.45) is 2.26. The topological polar surface area (TPSA) is 59.8 Å². The van der Waals surface area contributed by atoms with Gasteiger partial charge in [0.25, 0.3) is 0 Å². The van der Waals surface area contributed by atoms with Crippen LogP contribution < -0.4 is 5.32 Å². The molecule has 1 N–H and O–H groups in total. The number of thioether (sulfide) groups is 1. The monoisotopic (exact) mass is 340 g/mol. The summed E-state index contributed by atoms with van der Waals surface area (Å²) in [5.41, 5.74) is 0.469. The summed E-state index contributed by atoms with van der Waals surface area (Å²) < 4.78 is 15.1. The van der Waals surface area contributed by atoms with E-state index in [9.17, 15) is 9.18 Å². The van der Waals surface area contributed by atoms with Crippen LogP contribution in [0.25, 0.3) is 0 Å². The summed E-state index contributed by atoms with van der Waals surface area (Å²) in [6.45, 7) is 1.91. The van der Waals surface area contributed by atoms with Crippen LogP contribution in [0.15, 0.2) is 23.4 Å².